The van der Waals surface area contributed by atoms with E-state index >= 15 is 0 Å². The Hall–Kier alpha value is -3.61. The van der Waals surface area contributed by atoms with Crippen molar-refractivity contribution < 1.29 is 22.4 Å². The van der Waals surface area contributed by atoms with Gasteiger partial charge >= 0.3 is 6.18 Å². The molecule has 0 fully saturated rings. The summed E-state index contributed by atoms with van der Waals surface area (Å²) < 4.78 is 52.2. The van der Waals surface area contributed by atoms with Crippen molar-refractivity contribution in [3.63, 3.8) is 0 Å². The maximum atomic E-state index is 13.8. The number of carbonyl (C=O) groups is 1. The lowest BCUT2D eigenvalue weighted by molar-refractivity contribution is -0.137. The first-order valence-electron chi connectivity index (χ1n) is 14.8. The monoisotopic (exact) mass is 672 g/mol. The van der Waals surface area contributed by atoms with Gasteiger partial charge in [-0.2, -0.15) is 13.2 Å². The van der Waals surface area contributed by atoms with Crippen molar-refractivity contribution in [1.29, 1.82) is 0 Å². The summed E-state index contributed by atoms with van der Waals surface area (Å²) in [4.78, 5) is 38.5. The zero-order valence-electron chi connectivity index (χ0n) is 25.9. The Kier molecular flexibility index (Phi) is 12.5. The highest BCUT2D eigenvalue weighted by Gasteiger charge is 2.30. The van der Waals surface area contributed by atoms with Gasteiger partial charge in [0, 0.05) is 25.4 Å². The van der Waals surface area contributed by atoms with Crippen LogP contribution in [0.3, 0.4) is 0 Å². The van der Waals surface area contributed by atoms with Gasteiger partial charge in [0.15, 0.2) is 5.16 Å². The number of aromatic nitrogens is 2. The van der Waals surface area contributed by atoms with Crippen LogP contribution in [0.5, 0.6) is 0 Å². The van der Waals surface area contributed by atoms with Crippen LogP contribution in [-0.2, 0) is 29.7 Å². The number of benzene rings is 3. The molecule has 0 aliphatic rings. The Bertz CT molecular complexity index is 1640. The third kappa shape index (κ3) is 9.70. The highest BCUT2D eigenvalue weighted by atomic mass is 32.2. The van der Waals surface area contributed by atoms with Gasteiger partial charge in [0.05, 0.1) is 22.6 Å². The lowest BCUT2D eigenvalue weighted by atomic mass is 10.0. The second-order valence-corrected chi connectivity index (χ2v) is 12.3. The summed E-state index contributed by atoms with van der Waals surface area (Å²) in [6.07, 6.45) is -2.69. The first kappa shape index (κ1) is 35.2. The van der Waals surface area contributed by atoms with Gasteiger partial charge in [-0.3, -0.25) is 9.59 Å². The van der Waals surface area contributed by atoms with Crippen molar-refractivity contribution >= 4 is 29.4 Å². The number of thioether (sulfide) groups is 2. The summed E-state index contributed by atoms with van der Waals surface area (Å²) in [6, 6.07) is 18.5. The maximum absolute atomic E-state index is 13.8. The van der Waals surface area contributed by atoms with Gasteiger partial charge in [-0.05, 0) is 65.9 Å². The predicted molar refractivity (Wildman–Crippen MR) is 176 cm³/mol. The predicted octanol–water partition coefficient (Wildman–Crippen LogP) is 7.52. The van der Waals surface area contributed by atoms with Crippen LogP contribution in [0.15, 0.2) is 87.6 Å². The molecule has 0 saturated carbocycles. The van der Waals surface area contributed by atoms with E-state index in [1.165, 1.54) is 47.8 Å². The molecule has 0 saturated heterocycles. The van der Waals surface area contributed by atoms with E-state index in [4.69, 9.17) is 0 Å². The summed E-state index contributed by atoms with van der Waals surface area (Å²) >= 11 is 2.53. The Balaban J connectivity index is 1.52. The Morgan fingerprint density at radius 2 is 1.46 bits per heavy atom. The van der Waals surface area contributed by atoms with Crippen LogP contribution < -0.4 is 5.56 Å². The number of hydrogen-bond donors (Lipinski definition) is 1. The van der Waals surface area contributed by atoms with E-state index < -0.39 is 11.7 Å². The third-order valence-electron chi connectivity index (χ3n) is 7.54. The van der Waals surface area contributed by atoms with E-state index in [2.05, 4.69) is 28.7 Å². The van der Waals surface area contributed by atoms with E-state index in [0.717, 1.165) is 41.9 Å². The molecule has 1 aromatic heterocycles. The standard InChI is InChI=1S/C34H36F4N4O2S2/c1-4-41(5-2)18-19-42(21-23-6-10-25(11-7-23)26-12-14-27(15-13-26)34(36,37)38)30(43)20-29-31(45-3)32(44)40-33(39-29)46-22-24-8-16-28(35)17-9-24/h6-17H,4-5,18-22H2,1-3H3,(H,39,40,44). The first-order chi connectivity index (χ1) is 22.0. The fraction of sp³-hybridized carbons (Fsp3) is 0.324. The van der Waals surface area contributed by atoms with Crippen LogP contribution in [-0.4, -0.2) is 58.1 Å². The molecule has 0 radical (unpaired) electrons. The van der Waals surface area contributed by atoms with Crippen LogP contribution in [0.2, 0.25) is 0 Å². The van der Waals surface area contributed by atoms with Gasteiger partial charge in [-0.25, -0.2) is 9.37 Å². The fourth-order valence-corrected chi connectivity index (χ4v) is 6.27. The molecule has 1 N–H and O–H groups in total. The number of likely N-dealkylation sites (N-methyl/N-ethyl adjacent to an activating group) is 1. The quantitative estimate of drug-likeness (QED) is 0.0850. The van der Waals surface area contributed by atoms with E-state index in [1.54, 1.807) is 23.3 Å². The lowest BCUT2D eigenvalue weighted by Crippen LogP contribution is -2.39. The van der Waals surface area contributed by atoms with Crippen molar-refractivity contribution in [3.05, 3.63) is 111 Å². The minimum Gasteiger partial charge on any atom is -0.337 e. The van der Waals surface area contributed by atoms with Crippen molar-refractivity contribution in [2.24, 2.45) is 0 Å². The molecule has 46 heavy (non-hydrogen) atoms. The van der Waals surface area contributed by atoms with E-state index in [1.807, 2.05) is 24.3 Å². The van der Waals surface area contributed by atoms with Crippen LogP contribution in [0, 0.1) is 5.82 Å². The summed E-state index contributed by atoms with van der Waals surface area (Å²) in [7, 11) is 0. The zero-order valence-corrected chi connectivity index (χ0v) is 27.5. The number of nitrogens with zero attached hydrogens (tertiary/aromatic N) is 3. The second-order valence-electron chi connectivity index (χ2n) is 10.6. The van der Waals surface area contributed by atoms with E-state index in [-0.39, 0.29) is 23.7 Å². The van der Waals surface area contributed by atoms with Crippen LogP contribution in [0.4, 0.5) is 17.6 Å². The molecule has 1 amide bonds. The molecule has 0 unspecified atom stereocenters. The number of halogens is 4. The van der Waals surface area contributed by atoms with Crippen molar-refractivity contribution in [2.75, 3.05) is 32.4 Å². The number of amides is 1. The summed E-state index contributed by atoms with van der Waals surface area (Å²) in [6.45, 7) is 7.24. The number of nitrogens with one attached hydrogen (secondary N) is 1. The molecule has 1 heterocycles. The summed E-state index contributed by atoms with van der Waals surface area (Å²) in [5.74, 6) is -0.0406. The van der Waals surface area contributed by atoms with Crippen molar-refractivity contribution in [3.8, 4) is 11.1 Å². The maximum Gasteiger partial charge on any atom is 0.416 e. The molecule has 4 aromatic rings. The molecule has 0 spiro atoms. The zero-order chi connectivity index (χ0) is 33.3. The van der Waals surface area contributed by atoms with Crippen molar-refractivity contribution in [2.45, 2.75) is 48.8 Å². The van der Waals surface area contributed by atoms with E-state index in [9.17, 15) is 27.2 Å². The Morgan fingerprint density at radius 1 is 0.870 bits per heavy atom. The van der Waals surface area contributed by atoms with Crippen LogP contribution in [0.25, 0.3) is 11.1 Å². The molecule has 12 heteroatoms. The van der Waals surface area contributed by atoms with Gasteiger partial charge in [-0.15, -0.1) is 11.8 Å². The number of hydrogen-bond acceptors (Lipinski definition) is 6. The van der Waals surface area contributed by atoms with Gasteiger partial charge in [-0.1, -0.05) is 74.1 Å². The fourth-order valence-electron chi connectivity index (χ4n) is 4.84. The molecule has 0 atom stereocenters. The highest BCUT2D eigenvalue weighted by molar-refractivity contribution is 7.98. The van der Waals surface area contributed by atoms with E-state index in [0.29, 0.717) is 46.7 Å². The lowest BCUT2D eigenvalue weighted by Gasteiger charge is -2.27. The molecule has 4 rings (SSSR count). The molecule has 244 valence electrons. The molecular weight excluding hydrogens is 637 g/mol. The average molecular weight is 673 g/mol. The van der Waals surface area contributed by atoms with Gasteiger partial charge < -0.3 is 14.8 Å². The summed E-state index contributed by atoms with van der Waals surface area (Å²) in [5.41, 5.74) is 2.53. The minimum atomic E-state index is -4.40. The second kappa shape index (κ2) is 16.3. The number of alkyl halides is 3. The molecule has 0 aliphatic carbocycles. The van der Waals surface area contributed by atoms with Gasteiger partial charge in [0.2, 0.25) is 5.91 Å². The topological polar surface area (TPSA) is 69.3 Å². The number of rotatable bonds is 14. The van der Waals surface area contributed by atoms with Crippen LogP contribution >= 0.6 is 23.5 Å². The highest BCUT2D eigenvalue weighted by Crippen LogP contribution is 2.31. The number of carbonyl (C=O) groups excluding carboxylic acids is 1. The van der Waals surface area contributed by atoms with Gasteiger partial charge in [0.25, 0.3) is 5.56 Å². The summed E-state index contributed by atoms with van der Waals surface area (Å²) in [5, 5.41) is 0.378. The normalized spacial score (nSPS) is 11.7. The largest absolute Gasteiger partial charge is 0.416 e. The number of H-pyrrole nitrogens is 1. The smallest absolute Gasteiger partial charge is 0.337 e. The Morgan fingerprint density at radius 3 is 2.02 bits per heavy atom. The molecule has 0 bridgehead atoms. The SMILES string of the molecule is CCN(CC)CCN(Cc1ccc(-c2ccc(C(F)(F)F)cc2)cc1)C(=O)Cc1nc(SCc2ccc(F)cc2)[nH]c(=O)c1SC. The third-order valence-corrected chi connectivity index (χ3v) is 9.32. The number of aromatic amines is 1. The molecular formula is C34H36F4N4O2S2. The first-order valence-corrected chi connectivity index (χ1v) is 17.0. The Labute approximate surface area is 274 Å². The average Bonchev–Trinajstić information content (AvgIpc) is 3.04. The minimum absolute atomic E-state index is 0.0634. The molecule has 0 aliphatic heterocycles. The molecule has 3 aromatic carbocycles. The van der Waals surface area contributed by atoms with Crippen molar-refractivity contribution in [1.82, 2.24) is 19.8 Å². The molecule has 6 nitrogen and oxygen atoms in total. The van der Waals surface area contributed by atoms with Crippen LogP contribution in [0.1, 0.15) is 36.2 Å². The van der Waals surface area contributed by atoms with Gasteiger partial charge in [0.1, 0.15) is 5.82 Å².